The summed E-state index contributed by atoms with van der Waals surface area (Å²) in [5, 5.41) is 2.43. The highest BCUT2D eigenvalue weighted by molar-refractivity contribution is 7.92. The van der Waals surface area contributed by atoms with Crippen molar-refractivity contribution in [1.82, 2.24) is 0 Å². The number of carbonyl (C=O) groups is 1. The molecule has 3 aromatic rings. The molecule has 3 aromatic carbocycles. The molecule has 0 saturated heterocycles. The Morgan fingerprint density at radius 1 is 0.935 bits per heavy atom. The maximum atomic E-state index is 13.0. The summed E-state index contributed by atoms with van der Waals surface area (Å²) in [5.74, 6) is -1.33. The van der Waals surface area contributed by atoms with Crippen molar-refractivity contribution in [2.24, 2.45) is 0 Å². The highest BCUT2D eigenvalue weighted by Gasteiger charge is 2.15. The van der Waals surface area contributed by atoms with E-state index in [1.807, 2.05) is 0 Å². The first-order valence-electron chi connectivity index (χ1n) is 8.58. The summed E-state index contributed by atoms with van der Waals surface area (Å²) in [6.45, 7) is -3.03. The van der Waals surface area contributed by atoms with Crippen LogP contribution in [-0.2, 0) is 10.0 Å². The minimum absolute atomic E-state index is 0.108. The Balaban J connectivity index is 1.67. The lowest BCUT2D eigenvalue weighted by Crippen LogP contribution is -2.14. The summed E-state index contributed by atoms with van der Waals surface area (Å²) in [6.07, 6.45) is 0. The second-order valence-electron chi connectivity index (χ2n) is 6.11. The van der Waals surface area contributed by atoms with Crippen LogP contribution in [0.3, 0.4) is 0 Å². The SMILES string of the molecule is O=C(Nc1ccc(OC(F)F)c(Cl)c1)c1ccc(NS(=O)(=O)c2ccc(F)cc2)cc1. The molecule has 0 aliphatic heterocycles. The number of amides is 1. The molecule has 1 amide bonds. The van der Waals surface area contributed by atoms with Crippen molar-refractivity contribution in [3.8, 4) is 5.75 Å². The first-order valence-corrected chi connectivity index (χ1v) is 10.4. The van der Waals surface area contributed by atoms with Crippen LogP contribution in [0.15, 0.2) is 71.6 Å². The van der Waals surface area contributed by atoms with Gasteiger partial charge in [0.25, 0.3) is 15.9 Å². The topological polar surface area (TPSA) is 84.5 Å². The van der Waals surface area contributed by atoms with Gasteiger partial charge in [-0.25, -0.2) is 12.8 Å². The van der Waals surface area contributed by atoms with Crippen LogP contribution in [0, 0.1) is 5.82 Å². The Bertz CT molecular complexity index is 1190. The average molecular weight is 471 g/mol. The van der Waals surface area contributed by atoms with Crippen LogP contribution in [0.1, 0.15) is 10.4 Å². The van der Waals surface area contributed by atoms with E-state index in [9.17, 15) is 26.4 Å². The Kier molecular flexibility index (Phi) is 6.71. The molecule has 2 N–H and O–H groups in total. The van der Waals surface area contributed by atoms with Gasteiger partial charge in [-0.1, -0.05) is 11.6 Å². The summed E-state index contributed by atoms with van der Waals surface area (Å²) in [4.78, 5) is 12.2. The van der Waals surface area contributed by atoms with E-state index < -0.39 is 28.4 Å². The fraction of sp³-hybridized carbons (Fsp3) is 0.0500. The zero-order chi connectivity index (χ0) is 22.6. The van der Waals surface area contributed by atoms with E-state index in [4.69, 9.17) is 11.6 Å². The molecular formula is C20H14ClF3N2O4S. The first kappa shape index (κ1) is 22.4. The van der Waals surface area contributed by atoms with E-state index in [0.29, 0.717) is 0 Å². The van der Waals surface area contributed by atoms with E-state index in [1.54, 1.807) is 0 Å². The molecule has 3 rings (SSSR count). The van der Waals surface area contributed by atoms with Crippen LogP contribution in [0.2, 0.25) is 5.02 Å². The van der Waals surface area contributed by atoms with Gasteiger partial charge in [0.05, 0.1) is 9.92 Å². The van der Waals surface area contributed by atoms with Crippen LogP contribution in [-0.4, -0.2) is 20.9 Å². The van der Waals surface area contributed by atoms with Gasteiger partial charge in [0.2, 0.25) is 0 Å². The standard InChI is InChI=1S/C20H14ClF3N2O4S/c21-17-11-15(7-10-18(17)30-20(23)24)25-19(27)12-1-5-14(6-2-12)26-31(28,29)16-8-3-13(22)4-9-16/h1-11,20,26H,(H,25,27). The van der Waals surface area contributed by atoms with E-state index >= 15 is 0 Å². The van der Waals surface area contributed by atoms with Crippen molar-refractivity contribution in [2.45, 2.75) is 11.5 Å². The molecule has 0 atom stereocenters. The number of halogens is 4. The van der Waals surface area contributed by atoms with Gasteiger partial charge in [-0.2, -0.15) is 8.78 Å². The van der Waals surface area contributed by atoms with Gasteiger partial charge in [-0.05, 0) is 66.7 Å². The normalized spacial score (nSPS) is 11.3. The third-order valence-electron chi connectivity index (χ3n) is 3.93. The molecule has 0 saturated carbocycles. The fourth-order valence-corrected chi connectivity index (χ4v) is 3.77. The minimum atomic E-state index is -3.93. The zero-order valence-electron chi connectivity index (χ0n) is 15.5. The lowest BCUT2D eigenvalue weighted by Gasteiger charge is -2.11. The monoisotopic (exact) mass is 470 g/mol. The number of sulfonamides is 1. The second kappa shape index (κ2) is 9.27. The van der Waals surface area contributed by atoms with Crippen molar-refractivity contribution in [2.75, 3.05) is 10.0 Å². The molecular weight excluding hydrogens is 457 g/mol. The quantitative estimate of drug-likeness (QED) is 0.501. The molecule has 0 unspecified atom stereocenters. The van der Waals surface area contributed by atoms with E-state index in [1.165, 1.54) is 42.5 Å². The van der Waals surface area contributed by atoms with E-state index in [-0.39, 0.29) is 32.6 Å². The number of carbonyl (C=O) groups excluding carboxylic acids is 1. The van der Waals surface area contributed by atoms with Crippen LogP contribution in [0.4, 0.5) is 24.5 Å². The number of alkyl halides is 2. The lowest BCUT2D eigenvalue weighted by molar-refractivity contribution is -0.0497. The van der Waals surface area contributed by atoms with Crippen molar-refractivity contribution in [3.05, 3.63) is 83.1 Å². The second-order valence-corrected chi connectivity index (χ2v) is 8.20. The third kappa shape index (κ3) is 5.89. The van der Waals surface area contributed by atoms with Gasteiger partial charge in [0.1, 0.15) is 11.6 Å². The van der Waals surface area contributed by atoms with Crippen molar-refractivity contribution < 1.29 is 31.1 Å². The maximum absolute atomic E-state index is 13.0. The van der Waals surface area contributed by atoms with Gasteiger partial charge in [-0.15, -0.1) is 0 Å². The highest BCUT2D eigenvalue weighted by atomic mass is 35.5. The molecule has 0 spiro atoms. The average Bonchev–Trinajstić information content (AvgIpc) is 2.70. The number of hydrogen-bond acceptors (Lipinski definition) is 4. The van der Waals surface area contributed by atoms with Crippen LogP contribution < -0.4 is 14.8 Å². The fourth-order valence-electron chi connectivity index (χ4n) is 2.49. The summed E-state index contributed by atoms with van der Waals surface area (Å²) >= 11 is 5.85. The molecule has 6 nitrogen and oxygen atoms in total. The van der Waals surface area contributed by atoms with Crippen LogP contribution >= 0.6 is 11.6 Å². The van der Waals surface area contributed by atoms with Crippen LogP contribution in [0.25, 0.3) is 0 Å². The Morgan fingerprint density at radius 3 is 2.13 bits per heavy atom. The summed E-state index contributed by atoms with van der Waals surface area (Å²) in [6, 6.07) is 13.6. The Labute approximate surface area is 180 Å². The molecule has 0 aliphatic rings. The van der Waals surface area contributed by atoms with Gasteiger partial charge < -0.3 is 10.1 Å². The summed E-state index contributed by atoms with van der Waals surface area (Å²) in [5.41, 5.74) is 0.642. The van der Waals surface area contributed by atoms with Gasteiger partial charge in [-0.3, -0.25) is 9.52 Å². The van der Waals surface area contributed by atoms with Crippen LogP contribution in [0.5, 0.6) is 5.75 Å². The molecule has 31 heavy (non-hydrogen) atoms. The number of hydrogen-bond donors (Lipinski definition) is 2. The van der Waals surface area contributed by atoms with Crippen molar-refractivity contribution >= 4 is 38.9 Å². The lowest BCUT2D eigenvalue weighted by atomic mass is 10.2. The summed E-state index contributed by atoms with van der Waals surface area (Å²) in [7, 11) is -3.93. The molecule has 0 bridgehead atoms. The van der Waals surface area contributed by atoms with E-state index in [0.717, 1.165) is 24.3 Å². The third-order valence-corrected chi connectivity index (χ3v) is 5.62. The molecule has 0 aliphatic carbocycles. The van der Waals surface area contributed by atoms with Gasteiger partial charge in [0, 0.05) is 16.9 Å². The molecule has 11 heteroatoms. The molecule has 162 valence electrons. The predicted octanol–water partition coefficient (Wildman–Crippen LogP) is 5.13. The van der Waals surface area contributed by atoms with Crippen molar-refractivity contribution in [3.63, 3.8) is 0 Å². The Morgan fingerprint density at radius 2 is 1.55 bits per heavy atom. The van der Waals surface area contributed by atoms with Crippen molar-refractivity contribution in [1.29, 1.82) is 0 Å². The number of ether oxygens (including phenoxy) is 1. The maximum Gasteiger partial charge on any atom is 0.387 e. The molecule has 0 heterocycles. The summed E-state index contributed by atoms with van der Waals surface area (Å²) < 4.78 is 68.7. The number of nitrogens with one attached hydrogen (secondary N) is 2. The molecule has 0 aromatic heterocycles. The van der Waals surface area contributed by atoms with Gasteiger partial charge in [0.15, 0.2) is 0 Å². The van der Waals surface area contributed by atoms with Gasteiger partial charge >= 0.3 is 6.61 Å². The number of benzene rings is 3. The van der Waals surface area contributed by atoms with E-state index in [2.05, 4.69) is 14.8 Å². The number of rotatable bonds is 7. The zero-order valence-corrected chi connectivity index (χ0v) is 17.1. The smallest absolute Gasteiger partial charge is 0.387 e. The number of anilines is 2. The Hall–Kier alpha value is -3.24. The minimum Gasteiger partial charge on any atom is -0.433 e. The first-order chi connectivity index (χ1) is 14.6. The predicted molar refractivity (Wildman–Crippen MR) is 110 cm³/mol. The largest absolute Gasteiger partial charge is 0.433 e. The highest BCUT2D eigenvalue weighted by Crippen LogP contribution is 2.29. The molecule has 0 fully saturated rings. The molecule has 0 radical (unpaired) electrons.